The molecule has 2 amide bonds. The van der Waals surface area contributed by atoms with Crippen molar-refractivity contribution in [3.8, 4) is 5.75 Å². The molecular formula is C23H33N3O3. The Labute approximate surface area is 173 Å². The molecule has 4 rings (SSSR count). The van der Waals surface area contributed by atoms with Crippen LogP contribution in [0.5, 0.6) is 5.75 Å². The number of carbonyl (C=O) groups excluding carboxylic acids is 1. The second-order valence-corrected chi connectivity index (χ2v) is 8.34. The predicted molar refractivity (Wildman–Crippen MR) is 114 cm³/mol. The number of hydrogen-bond donors (Lipinski definition) is 2. The summed E-state index contributed by atoms with van der Waals surface area (Å²) >= 11 is 0. The van der Waals surface area contributed by atoms with Crippen LogP contribution in [0, 0.1) is 0 Å². The number of urea groups is 1. The van der Waals surface area contributed by atoms with Crippen LogP contribution < -0.4 is 15.4 Å². The maximum absolute atomic E-state index is 12.5. The summed E-state index contributed by atoms with van der Waals surface area (Å²) in [5, 5.41) is 7.16. The molecule has 2 N–H and O–H groups in total. The predicted octanol–water partition coefficient (Wildman–Crippen LogP) is 4.60. The van der Waals surface area contributed by atoms with Crippen molar-refractivity contribution in [2.45, 2.75) is 70.5 Å². The van der Waals surface area contributed by atoms with Crippen LogP contribution in [0.3, 0.4) is 0 Å². The van der Waals surface area contributed by atoms with Gasteiger partial charge in [0, 0.05) is 30.6 Å². The van der Waals surface area contributed by atoms with Crippen molar-refractivity contribution in [1.29, 1.82) is 0 Å². The van der Waals surface area contributed by atoms with Crippen molar-refractivity contribution in [1.82, 2.24) is 15.5 Å². The Balaban J connectivity index is 1.29. The molecule has 29 heavy (non-hydrogen) atoms. The summed E-state index contributed by atoms with van der Waals surface area (Å²) in [6, 6.07) is 8.52. The van der Waals surface area contributed by atoms with Gasteiger partial charge in [-0.3, -0.25) is 0 Å². The van der Waals surface area contributed by atoms with E-state index in [0.29, 0.717) is 6.61 Å². The fourth-order valence-electron chi connectivity index (χ4n) is 4.71. The first-order chi connectivity index (χ1) is 14.1. The van der Waals surface area contributed by atoms with Crippen LogP contribution >= 0.6 is 0 Å². The number of para-hydroxylation sites is 1. The first-order valence-corrected chi connectivity index (χ1v) is 11.1. The van der Waals surface area contributed by atoms with Crippen molar-refractivity contribution < 1.29 is 13.9 Å². The Morgan fingerprint density at radius 2 is 2.00 bits per heavy atom. The lowest BCUT2D eigenvalue weighted by atomic mass is 10.0. The topological polar surface area (TPSA) is 66.7 Å². The van der Waals surface area contributed by atoms with Crippen molar-refractivity contribution >= 4 is 17.0 Å². The number of amides is 2. The van der Waals surface area contributed by atoms with Gasteiger partial charge in [0.15, 0.2) is 11.3 Å². The molecule has 1 saturated heterocycles. The summed E-state index contributed by atoms with van der Waals surface area (Å²) < 4.78 is 11.6. The summed E-state index contributed by atoms with van der Waals surface area (Å²) in [6.45, 7) is 6.67. The summed E-state index contributed by atoms with van der Waals surface area (Å²) in [6.07, 6.45) is 7.49. The largest absolute Gasteiger partial charge is 0.490 e. The minimum Gasteiger partial charge on any atom is -0.490 e. The lowest BCUT2D eigenvalue weighted by Crippen LogP contribution is -2.49. The Morgan fingerprint density at radius 3 is 2.72 bits per heavy atom. The van der Waals surface area contributed by atoms with Crippen molar-refractivity contribution in [2.24, 2.45) is 0 Å². The van der Waals surface area contributed by atoms with E-state index in [-0.39, 0.29) is 18.1 Å². The maximum Gasteiger partial charge on any atom is 0.315 e. The number of nitrogens with zero attached hydrogens (tertiary/aromatic N) is 1. The van der Waals surface area contributed by atoms with Gasteiger partial charge < -0.3 is 24.7 Å². The minimum atomic E-state index is -0.213. The Hall–Kier alpha value is -2.21. The molecule has 2 aromatic rings. The van der Waals surface area contributed by atoms with Gasteiger partial charge in [-0.15, -0.1) is 0 Å². The SMILES string of the molecule is CCOc1cccc2cc(C(C)NC(=O)NC3CCN(C4CCCC4)CC3)oc12. The van der Waals surface area contributed by atoms with E-state index < -0.39 is 0 Å². The van der Waals surface area contributed by atoms with Crippen molar-refractivity contribution in [3.05, 3.63) is 30.0 Å². The third-order valence-corrected chi connectivity index (χ3v) is 6.31. The first kappa shape index (κ1) is 20.1. The normalized spacial score (nSPS) is 20.1. The highest BCUT2D eigenvalue weighted by Crippen LogP contribution is 2.31. The number of furan rings is 1. The summed E-state index contributed by atoms with van der Waals surface area (Å²) in [7, 11) is 0. The fourth-order valence-corrected chi connectivity index (χ4v) is 4.71. The van der Waals surface area contributed by atoms with E-state index in [1.165, 1.54) is 25.7 Å². The van der Waals surface area contributed by atoms with Gasteiger partial charge in [-0.1, -0.05) is 25.0 Å². The summed E-state index contributed by atoms with van der Waals surface area (Å²) in [5.74, 6) is 1.47. The van der Waals surface area contributed by atoms with Gasteiger partial charge in [-0.25, -0.2) is 4.79 Å². The molecule has 2 fully saturated rings. The van der Waals surface area contributed by atoms with E-state index in [9.17, 15) is 4.79 Å². The van der Waals surface area contributed by atoms with Crippen LogP contribution in [0.15, 0.2) is 28.7 Å². The van der Waals surface area contributed by atoms with E-state index in [0.717, 1.165) is 54.5 Å². The third kappa shape index (κ3) is 4.69. The molecule has 1 unspecified atom stereocenters. The van der Waals surface area contributed by atoms with E-state index >= 15 is 0 Å². The van der Waals surface area contributed by atoms with Crippen molar-refractivity contribution in [3.63, 3.8) is 0 Å². The molecule has 0 bridgehead atoms. The highest BCUT2D eigenvalue weighted by Gasteiger charge is 2.28. The number of hydrogen-bond acceptors (Lipinski definition) is 4. The lowest BCUT2D eigenvalue weighted by Gasteiger charge is -2.36. The third-order valence-electron chi connectivity index (χ3n) is 6.31. The molecular weight excluding hydrogens is 366 g/mol. The monoisotopic (exact) mass is 399 g/mol. The van der Waals surface area contributed by atoms with Gasteiger partial charge in [0.25, 0.3) is 0 Å². The second kappa shape index (κ2) is 9.08. The molecule has 2 aliphatic rings. The molecule has 6 nitrogen and oxygen atoms in total. The van der Waals surface area contributed by atoms with Gasteiger partial charge in [-0.2, -0.15) is 0 Å². The number of benzene rings is 1. The van der Waals surface area contributed by atoms with Gasteiger partial charge in [0.05, 0.1) is 12.6 Å². The molecule has 1 saturated carbocycles. The van der Waals surface area contributed by atoms with Crippen molar-refractivity contribution in [2.75, 3.05) is 19.7 Å². The number of fused-ring (bicyclic) bond motifs is 1. The van der Waals surface area contributed by atoms with Crippen LogP contribution in [-0.4, -0.2) is 42.7 Å². The highest BCUT2D eigenvalue weighted by atomic mass is 16.5. The molecule has 0 radical (unpaired) electrons. The van der Waals surface area contributed by atoms with Crippen LogP contribution in [0.1, 0.15) is 64.2 Å². The fraction of sp³-hybridized carbons (Fsp3) is 0.609. The number of ether oxygens (including phenoxy) is 1. The number of likely N-dealkylation sites (tertiary alicyclic amines) is 1. The van der Waals surface area contributed by atoms with Crippen LogP contribution in [0.2, 0.25) is 0 Å². The molecule has 0 spiro atoms. The number of carbonyl (C=O) groups is 1. The standard InChI is InChI=1S/C23H33N3O3/c1-3-28-20-10-6-7-17-15-21(29-22(17)20)16(2)24-23(27)25-18-11-13-26(14-12-18)19-8-4-5-9-19/h6-7,10,15-16,18-19H,3-5,8-9,11-14H2,1-2H3,(H2,24,25,27). The highest BCUT2D eigenvalue weighted by molar-refractivity contribution is 5.84. The van der Waals surface area contributed by atoms with E-state index in [4.69, 9.17) is 9.15 Å². The minimum absolute atomic E-state index is 0.123. The average molecular weight is 400 g/mol. The van der Waals surface area contributed by atoms with E-state index in [1.54, 1.807) is 0 Å². The Bertz CT molecular complexity index is 820. The zero-order chi connectivity index (χ0) is 20.2. The molecule has 1 aromatic heterocycles. The number of piperidine rings is 1. The van der Waals surface area contributed by atoms with E-state index in [2.05, 4.69) is 15.5 Å². The van der Waals surface area contributed by atoms with Crippen LogP contribution in [0.4, 0.5) is 4.79 Å². The van der Waals surface area contributed by atoms with Gasteiger partial charge >= 0.3 is 6.03 Å². The van der Waals surface area contributed by atoms with Gasteiger partial charge in [0.1, 0.15) is 5.76 Å². The molecule has 1 aliphatic carbocycles. The summed E-state index contributed by atoms with van der Waals surface area (Å²) in [5.41, 5.74) is 0.734. The molecule has 1 atom stereocenters. The zero-order valence-electron chi connectivity index (χ0n) is 17.6. The van der Waals surface area contributed by atoms with E-state index in [1.807, 2.05) is 38.1 Å². The van der Waals surface area contributed by atoms with Crippen LogP contribution in [-0.2, 0) is 0 Å². The summed E-state index contributed by atoms with van der Waals surface area (Å²) in [4.78, 5) is 15.1. The zero-order valence-corrected chi connectivity index (χ0v) is 17.6. The van der Waals surface area contributed by atoms with Gasteiger partial charge in [0.2, 0.25) is 0 Å². The number of rotatable bonds is 6. The van der Waals surface area contributed by atoms with Gasteiger partial charge in [-0.05, 0) is 51.7 Å². The number of nitrogens with one attached hydrogen (secondary N) is 2. The average Bonchev–Trinajstić information content (AvgIpc) is 3.39. The maximum atomic E-state index is 12.5. The van der Waals surface area contributed by atoms with Crippen LogP contribution in [0.25, 0.3) is 11.0 Å². The molecule has 1 aliphatic heterocycles. The first-order valence-electron chi connectivity index (χ1n) is 11.1. The molecule has 6 heteroatoms. The Kier molecular flexibility index (Phi) is 6.28. The lowest BCUT2D eigenvalue weighted by molar-refractivity contribution is 0.145. The molecule has 158 valence electrons. The molecule has 2 heterocycles. The quantitative estimate of drug-likeness (QED) is 0.745. The second-order valence-electron chi connectivity index (χ2n) is 8.34. The molecule has 1 aromatic carbocycles. The smallest absolute Gasteiger partial charge is 0.315 e. The Morgan fingerprint density at radius 1 is 1.24 bits per heavy atom.